The maximum atomic E-state index is 4.66. The van der Waals surface area contributed by atoms with Crippen molar-refractivity contribution in [2.45, 2.75) is 71.5 Å². The van der Waals surface area contributed by atoms with Crippen molar-refractivity contribution in [3.8, 4) is 0 Å². The standard InChI is InChI=1S/C18H33N5S/c1-13(2)16-12-24-17(22-16)11-21-18(19-5)20-10-15(4)23-9-7-6-8-14(23)3/h12-15H,6-11H2,1-5H3,(H2,19,20,21). The molecule has 0 radical (unpaired) electrons. The van der Waals surface area contributed by atoms with E-state index in [2.05, 4.69) is 58.6 Å². The van der Waals surface area contributed by atoms with Gasteiger partial charge in [0.15, 0.2) is 5.96 Å². The van der Waals surface area contributed by atoms with E-state index in [1.807, 2.05) is 7.05 Å². The number of nitrogens with one attached hydrogen (secondary N) is 2. The molecular formula is C18H33N5S. The Morgan fingerprint density at radius 3 is 2.79 bits per heavy atom. The van der Waals surface area contributed by atoms with Gasteiger partial charge in [-0.05, 0) is 39.2 Å². The lowest BCUT2D eigenvalue weighted by atomic mass is 10.0. The summed E-state index contributed by atoms with van der Waals surface area (Å²) in [6, 6.07) is 1.21. The van der Waals surface area contributed by atoms with Crippen LogP contribution in [0.5, 0.6) is 0 Å². The molecule has 2 rings (SSSR count). The molecule has 0 bridgehead atoms. The van der Waals surface area contributed by atoms with Gasteiger partial charge in [0.05, 0.1) is 12.2 Å². The smallest absolute Gasteiger partial charge is 0.191 e. The minimum Gasteiger partial charge on any atom is -0.355 e. The summed E-state index contributed by atoms with van der Waals surface area (Å²) in [4.78, 5) is 11.6. The molecule has 0 saturated carbocycles. The van der Waals surface area contributed by atoms with Crippen LogP contribution < -0.4 is 10.6 Å². The number of likely N-dealkylation sites (tertiary alicyclic amines) is 1. The molecule has 1 aromatic heterocycles. The number of nitrogens with zero attached hydrogens (tertiary/aromatic N) is 3. The zero-order valence-electron chi connectivity index (χ0n) is 15.8. The van der Waals surface area contributed by atoms with Crippen LogP contribution in [-0.2, 0) is 6.54 Å². The number of rotatable bonds is 6. The number of guanidine groups is 1. The average molecular weight is 352 g/mol. The van der Waals surface area contributed by atoms with Crippen LogP contribution in [0, 0.1) is 0 Å². The van der Waals surface area contributed by atoms with E-state index in [9.17, 15) is 0 Å². The summed E-state index contributed by atoms with van der Waals surface area (Å²) in [6.45, 7) is 11.9. The minimum atomic E-state index is 0.486. The lowest BCUT2D eigenvalue weighted by molar-refractivity contribution is 0.115. The average Bonchev–Trinajstić information content (AvgIpc) is 3.04. The Labute approximate surface area is 151 Å². The van der Waals surface area contributed by atoms with Crippen LogP contribution in [0.25, 0.3) is 0 Å². The van der Waals surface area contributed by atoms with Crippen LogP contribution in [0.4, 0.5) is 0 Å². The summed E-state index contributed by atoms with van der Waals surface area (Å²) in [5.74, 6) is 1.34. The maximum Gasteiger partial charge on any atom is 0.191 e. The van der Waals surface area contributed by atoms with Crippen molar-refractivity contribution < 1.29 is 0 Å². The fourth-order valence-electron chi connectivity index (χ4n) is 3.19. The number of hydrogen-bond donors (Lipinski definition) is 2. The molecule has 0 aliphatic carbocycles. The predicted octanol–water partition coefficient (Wildman–Crippen LogP) is 3.19. The molecule has 2 heterocycles. The van der Waals surface area contributed by atoms with Gasteiger partial charge in [-0.15, -0.1) is 11.3 Å². The first-order chi connectivity index (χ1) is 11.5. The van der Waals surface area contributed by atoms with Crippen molar-refractivity contribution in [2.75, 3.05) is 20.1 Å². The first-order valence-electron chi connectivity index (χ1n) is 9.15. The summed E-state index contributed by atoms with van der Waals surface area (Å²) < 4.78 is 0. The van der Waals surface area contributed by atoms with E-state index in [1.54, 1.807) is 11.3 Å². The molecule has 2 N–H and O–H groups in total. The number of hydrogen-bond acceptors (Lipinski definition) is 4. The molecule has 2 atom stereocenters. The molecule has 24 heavy (non-hydrogen) atoms. The second kappa shape index (κ2) is 9.37. The van der Waals surface area contributed by atoms with Gasteiger partial charge in [0.2, 0.25) is 0 Å². The highest BCUT2D eigenvalue weighted by molar-refractivity contribution is 7.09. The molecule has 1 aromatic rings. The fourth-order valence-corrected chi connectivity index (χ4v) is 4.08. The van der Waals surface area contributed by atoms with E-state index >= 15 is 0 Å². The third-order valence-corrected chi connectivity index (χ3v) is 5.64. The van der Waals surface area contributed by atoms with E-state index in [-0.39, 0.29) is 0 Å². The van der Waals surface area contributed by atoms with E-state index in [0.29, 0.717) is 18.0 Å². The lowest BCUT2D eigenvalue weighted by Crippen LogP contribution is -2.50. The Morgan fingerprint density at radius 2 is 2.17 bits per heavy atom. The molecule has 0 amide bonds. The van der Waals surface area contributed by atoms with Crippen molar-refractivity contribution in [1.29, 1.82) is 0 Å². The van der Waals surface area contributed by atoms with Gasteiger partial charge in [-0.25, -0.2) is 4.98 Å². The van der Waals surface area contributed by atoms with Crippen LogP contribution in [0.15, 0.2) is 10.4 Å². The zero-order valence-corrected chi connectivity index (χ0v) is 16.6. The van der Waals surface area contributed by atoms with Gasteiger partial charge in [0.1, 0.15) is 5.01 Å². The van der Waals surface area contributed by atoms with Crippen LogP contribution in [0.3, 0.4) is 0 Å². The highest BCUT2D eigenvalue weighted by Gasteiger charge is 2.22. The molecule has 6 heteroatoms. The van der Waals surface area contributed by atoms with Crippen molar-refractivity contribution in [3.63, 3.8) is 0 Å². The Kier molecular flexibility index (Phi) is 7.49. The predicted molar refractivity (Wildman–Crippen MR) is 104 cm³/mol. The van der Waals surface area contributed by atoms with Gasteiger partial charge in [-0.3, -0.25) is 9.89 Å². The highest BCUT2D eigenvalue weighted by Crippen LogP contribution is 2.19. The Balaban J connectivity index is 1.77. The van der Waals surface area contributed by atoms with Gasteiger partial charge >= 0.3 is 0 Å². The highest BCUT2D eigenvalue weighted by atomic mass is 32.1. The number of thiazole rings is 1. The topological polar surface area (TPSA) is 52.6 Å². The van der Waals surface area contributed by atoms with Crippen LogP contribution >= 0.6 is 11.3 Å². The van der Waals surface area contributed by atoms with Gasteiger partial charge in [-0.1, -0.05) is 20.3 Å². The molecule has 5 nitrogen and oxygen atoms in total. The lowest BCUT2D eigenvalue weighted by Gasteiger charge is -2.38. The molecule has 0 spiro atoms. The fraction of sp³-hybridized carbons (Fsp3) is 0.778. The molecule has 0 aromatic carbocycles. The number of aromatic nitrogens is 1. The molecule has 1 fully saturated rings. The summed E-state index contributed by atoms with van der Waals surface area (Å²) in [5, 5.41) is 10.1. The summed E-state index contributed by atoms with van der Waals surface area (Å²) in [6.07, 6.45) is 4.01. The summed E-state index contributed by atoms with van der Waals surface area (Å²) in [7, 11) is 1.82. The number of aliphatic imine (C=N–C) groups is 1. The Hall–Kier alpha value is -1.14. The van der Waals surface area contributed by atoms with Gasteiger partial charge in [-0.2, -0.15) is 0 Å². The molecule has 1 saturated heterocycles. The number of piperidine rings is 1. The van der Waals surface area contributed by atoms with E-state index in [4.69, 9.17) is 0 Å². The molecule has 2 unspecified atom stereocenters. The monoisotopic (exact) mass is 351 g/mol. The molecule has 1 aliphatic heterocycles. The second-order valence-corrected chi connectivity index (χ2v) is 8.00. The zero-order chi connectivity index (χ0) is 17.5. The van der Waals surface area contributed by atoms with Crippen molar-refractivity contribution in [2.24, 2.45) is 4.99 Å². The van der Waals surface area contributed by atoms with Crippen molar-refractivity contribution in [1.82, 2.24) is 20.5 Å². The summed E-state index contributed by atoms with van der Waals surface area (Å²) in [5.41, 5.74) is 1.17. The Bertz CT molecular complexity index is 525. The first-order valence-corrected chi connectivity index (χ1v) is 10.0. The van der Waals surface area contributed by atoms with Crippen molar-refractivity contribution >= 4 is 17.3 Å². The summed E-state index contributed by atoms with van der Waals surface area (Å²) >= 11 is 1.71. The third kappa shape index (κ3) is 5.45. The molecular weight excluding hydrogens is 318 g/mol. The van der Waals surface area contributed by atoms with E-state index in [0.717, 1.165) is 24.1 Å². The van der Waals surface area contributed by atoms with Gasteiger partial charge in [0.25, 0.3) is 0 Å². The normalized spacial score (nSPS) is 21.1. The van der Waals surface area contributed by atoms with E-state index in [1.165, 1.54) is 31.5 Å². The maximum absolute atomic E-state index is 4.66. The largest absolute Gasteiger partial charge is 0.355 e. The SMILES string of the molecule is CN=C(NCc1nc(C(C)C)cs1)NCC(C)N1CCCCC1C. The van der Waals surface area contributed by atoms with Crippen molar-refractivity contribution in [3.05, 3.63) is 16.1 Å². The Morgan fingerprint density at radius 1 is 1.38 bits per heavy atom. The first kappa shape index (κ1) is 19.2. The molecule has 136 valence electrons. The van der Waals surface area contributed by atoms with E-state index < -0.39 is 0 Å². The molecule has 1 aliphatic rings. The van der Waals surface area contributed by atoms with Crippen LogP contribution in [0.1, 0.15) is 63.6 Å². The van der Waals surface area contributed by atoms with Crippen LogP contribution in [-0.4, -0.2) is 48.1 Å². The second-order valence-electron chi connectivity index (χ2n) is 7.06. The van der Waals surface area contributed by atoms with Gasteiger partial charge < -0.3 is 10.6 Å². The quantitative estimate of drug-likeness (QED) is 0.610. The van der Waals surface area contributed by atoms with Crippen LogP contribution in [0.2, 0.25) is 0 Å². The third-order valence-electron chi connectivity index (χ3n) is 4.78. The minimum absolute atomic E-state index is 0.486. The van der Waals surface area contributed by atoms with Gasteiger partial charge in [0, 0.05) is 31.1 Å².